The fourth-order valence-corrected chi connectivity index (χ4v) is 3.51. The van der Waals surface area contributed by atoms with Gasteiger partial charge in [-0.15, -0.1) is 0 Å². The van der Waals surface area contributed by atoms with Crippen LogP contribution in [-0.2, 0) is 16.0 Å². The molecule has 6 heteroatoms. The van der Waals surface area contributed by atoms with Gasteiger partial charge in [-0.25, -0.2) is 4.79 Å². The summed E-state index contributed by atoms with van der Waals surface area (Å²) in [6, 6.07) is 12.7. The monoisotopic (exact) mass is 391 g/mol. The van der Waals surface area contributed by atoms with Gasteiger partial charge in [0, 0.05) is 0 Å². The first kappa shape index (κ1) is 18.7. The van der Waals surface area contributed by atoms with Gasteiger partial charge in [-0.1, -0.05) is 53.5 Å². The summed E-state index contributed by atoms with van der Waals surface area (Å²) in [5.74, 6) is -1.01. The van der Waals surface area contributed by atoms with Crippen LogP contribution in [0.3, 0.4) is 0 Å². The topological polar surface area (TPSA) is 55.4 Å². The number of ether oxygens (including phenoxy) is 1. The Morgan fingerprint density at radius 1 is 1.15 bits per heavy atom. The van der Waals surface area contributed by atoms with Crippen molar-refractivity contribution in [3.8, 4) is 0 Å². The van der Waals surface area contributed by atoms with Crippen molar-refractivity contribution in [2.75, 3.05) is 0 Å². The summed E-state index contributed by atoms with van der Waals surface area (Å²) in [6.45, 7) is 1.54. The van der Waals surface area contributed by atoms with E-state index >= 15 is 0 Å². The van der Waals surface area contributed by atoms with Crippen LogP contribution in [0.1, 0.15) is 47.3 Å². The number of carbonyl (C=O) groups is 2. The van der Waals surface area contributed by atoms with Crippen molar-refractivity contribution in [2.24, 2.45) is 0 Å². The molecule has 0 bridgehead atoms. The zero-order valence-electron chi connectivity index (χ0n) is 14.3. The number of aryl methyl sites for hydroxylation is 1. The van der Waals surface area contributed by atoms with E-state index in [0.717, 1.165) is 24.8 Å². The SMILES string of the molecule is C[C@@H](OC(=O)c1cccc(Cl)c1Cl)C(=O)N[C@H]1CCCc2ccccc21. The van der Waals surface area contributed by atoms with Crippen LogP contribution in [0.25, 0.3) is 0 Å². The summed E-state index contributed by atoms with van der Waals surface area (Å²) < 4.78 is 5.27. The lowest BCUT2D eigenvalue weighted by atomic mass is 9.87. The Morgan fingerprint density at radius 3 is 2.73 bits per heavy atom. The van der Waals surface area contributed by atoms with Crippen molar-refractivity contribution in [1.82, 2.24) is 5.32 Å². The van der Waals surface area contributed by atoms with Gasteiger partial charge >= 0.3 is 5.97 Å². The largest absolute Gasteiger partial charge is 0.449 e. The average Bonchev–Trinajstić information content (AvgIpc) is 2.64. The van der Waals surface area contributed by atoms with E-state index in [1.165, 1.54) is 11.6 Å². The van der Waals surface area contributed by atoms with Crippen LogP contribution in [0, 0.1) is 0 Å². The molecule has 0 radical (unpaired) electrons. The van der Waals surface area contributed by atoms with Gasteiger partial charge in [-0.05, 0) is 49.4 Å². The first-order chi connectivity index (χ1) is 12.5. The fourth-order valence-electron chi connectivity index (χ4n) is 3.13. The van der Waals surface area contributed by atoms with Gasteiger partial charge in [0.25, 0.3) is 5.91 Å². The Bertz CT molecular complexity index is 838. The highest BCUT2D eigenvalue weighted by molar-refractivity contribution is 6.43. The molecule has 0 fully saturated rings. The molecule has 0 aromatic heterocycles. The van der Waals surface area contributed by atoms with Crippen molar-refractivity contribution in [3.63, 3.8) is 0 Å². The van der Waals surface area contributed by atoms with Crippen LogP contribution in [0.4, 0.5) is 0 Å². The predicted molar refractivity (Wildman–Crippen MR) is 102 cm³/mol. The zero-order chi connectivity index (χ0) is 18.7. The summed E-state index contributed by atoms with van der Waals surface area (Å²) in [5.41, 5.74) is 2.52. The van der Waals surface area contributed by atoms with Gasteiger partial charge < -0.3 is 10.1 Å². The Labute approximate surface area is 162 Å². The Hall–Kier alpha value is -2.04. The fraction of sp³-hybridized carbons (Fsp3) is 0.300. The molecule has 0 saturated heterocycles. The smallest absolute Gasteiger partial charge is 0.340 e. The molecule has 0 unspecified atom stereocenters. The van der Waals surface area contributed by atoms with Gasteiger partial charge in [0.05, 0.1) is 21.7 Å². The summed E-state index contributed by atoms with van der Waals surface area (Å²) >= 11 is 11.9. The first-order valence-electron chi connectivity index (χ1n) is 8.50. The average molecular weight is 392 g/mol. The zero-order valence-corrected chi connectivity index (χ0v) is 15.8. The minimum absolute atomic E-state index is 0.0663. The number of esters is 1. The number of fused-ring (bicyclic) bond motifs is 1. The molecule has 2 aromatic rings. The number of halogens is 2. The van der Waals surface area contributed by atoms with E-state index in [2.05, 4.69) is 11.4 Å². The molecule has 3 rings (SSSR count). The number of benzene rings is 2. The minimum atomic E-state index is -0.938. The molecule has 4 nitrogen and oxygen atoms in total. The number of amides is 1. The van der Waals surface area contributed by atoms with Crippen LogP contribution < -0.4 is 5.32 Å². The molecule has 1 amide bonds. The molecule has 136 valence electrons. The second kappa shape index (κ2) is 8.11. The number of carbonyl (C=O) groups excluding carboxylic acids is 2. The molecule has 1 N–H and O–H groups in total. The Balaban J connectivity index is 1.65. The van der Waals surface area contributed by atoms with Gasteiger partial charge in [-0.2, -0.15) is 0 Å². The number of hydrogen-bond acceptors (Lipinski definition) is 3. The maximum atomic E-state index is 12.5. The molecule has 0 heterocycles. The number of nitrogens with one attached hydrogen (secondary N) is 1. The standard InChI is InChI=1S/C20H19Cl2NO3/c1-12(26-20(25)15-9-5-10-16(21)18(15)22)19(24)23-17-11-4-7-13-6-2-3-8-14(13)17/h2-3,5-6,8-10,12,17H,4,7,11H2,1H3,(H,23,24)/t12-,17+/m1/s1. The molecule has 26 heavy (non-hydrogen) atoms. The van der Waals surface area contributed by atoms with E-state index in [-0.39, 0.29) is 27.6 Å². The first-order valence-corrected chi connectivity index (χ1v) is 9.26. The summed E-state index contributed by atoms with van der Waals surface area (Å²) in [5, 5.41) is 3.36. The lowest BCUT2D eigenvalue weighted by Crippen LogP contribution is -2.39. The molecule has 2 atom stereocenters. The molecule has 1 aliphatic carbocycles. The van der Waals surface area contributed by atoms with Crippen molar-refractivity contribution in [1.29, 1.82) is 0 Å². The van der Waals surface area contributed by atoms with E-state index in [4.69, 9.17) is 27.9 Å². The summed E-state index contributed by atoms with van der Waals surface area (Å²) in [6.07, 6.45) is 1.95. The van der Waals surface area contributed by atoms with Crippen molar-refractivity contribution in [3.05, 3.63) is 69.2 Å². The van der Waals surface area contributed by atoms with E-state index in [1.54, 1.807) is 19.1 Å². The van der Waals surface area contributed by atoms with E-state index in [1.807, 2.05) is 18.2 Å². The van der Waals surface area contributed by atoms with Crippen LogP contribution in [-0.4, -0.2) is 18.0 Å². The second-order valence-electron chi connectivity index (χ2n) is 6.30. The molecule has 0 aliphatic heterocycles. The van der Waals surface area contributed by atoms with Gasteiger partial charge in [-0.3, -0.25) is 4.79 Å². The molecular weight excluding hydrogens is 373 g/mol. The predicted octanol–water partition coefficient (Wildman–Crippen LogP) is 4.73. The highest BCUT2D eigenvalue weighted by Crippen LogP contribution is 2.30. The Morgan fingerprint density at radius 2 is 1.92 bits per heavy atom. The lowest BCUT2D eigenvalue weighted by Gasteiger charge is -2.27. The minimum Gasteiger partial charge on any atom is -0.449 e. The summed E-state index contributed by atoms with van der Waals surface area (Å²) in [7, 11) is 0. The number of hydrogen-bond donors (Lipinski definition) is 1. The number of rotatable bonds is 4. The third-order valence-electron chi connectivity index (χ3n) is 4.51. The van der Waals surface area contributed by atoms with Crippen molar-refractivity contribution in [2.45, 2.75) is 38.3 Å². The molecule has 1 aliphatic rings. The maximum absolute atomic E-state index is 12.5. The van der Waals surface area contributed by atoms with Crippen LogP contribution in [0.15, 0.2) is 42.5 Å². The lowest BCUT2D eigenvalue weighted by molar-refractivity contribution is -0.130. The van der Waals surface area contributed by atoms with E-state index in [9.17, 15) is 9.59 Å². The molecule has 2 aromatic carbocycles. The molecule has 0 saturated carbocycles. The second-order valence-corrected chi connectivity index (χ2v) is 7.09. The van der Waals surface area contributed by atoms with Crippen LogP contribution in [0.2, 0.25) is 10.0 Å². The maximum Gasteiger partial charge on any atom is 0.340 e. The Kier molecular flexibility index (Phi) is 5.84. The van der Waals surface area contributed by atoms with Gasteiger partial charge in [0.2, 0.25) is 0 Å². The highest BCUT2D eigenvalue weighted by atomic mass is 35.5. The van der Waals surface area contributed by atoms with Gasteiger partial charge in [0.1, 0.15) is 0 Å². The summed E-state index contributed by atoms with van der Waals surface area (Å²) in [4.78, 5) is 24.8. The van der Waals surface area contributed by atoms with Crippen molar-refractivity contribution < 1.29 is 14.3 Å². The van der Waals surface area contributed by atoms with Crippen LogP contribution >= 0.6 is 23.2 Å². The van der Waals surface area contributed by atoms with Gasteiger partial charge in [0.15, 0.2) is 6.10 Å². The quantitative estimate of drug-likeness (QED) is 0.766. The molecule has 0 spiro atoms. The molecular formula is C20H19Cl2NO3. The van der Waals surface area contributed by atoms with Crippen LogP contribution in [0.5, 0.6) is 0 Å². The van der Waals surface area contributed by atoms with Crippen molar-refractivity contribution >= 4 is 35.1 Å². The van der Waals surface area contributed by atoms with E-state index in [0.29, 0.717) is 0 Å². The normalized spacial score (nSPS) is 17.1. The third-order valence-corrected chi connectivity index (χ3v) is 5.33. The van der Waals surface area contributed by atoms with E-state index < -0.39 is 12.1 Å². The highest BCUT2D eigenvalue weighted by Gasteiger charge is 2.26. The third kappa shape index (κ3) is 4.02.